The minimum absolute atomic E-state index is 0.352. The second kappa shape index (κ2) is 6.96. The molecule has 5 heteroatoms. The fourth-order valence-corrected chi connectivity index (χ4v) is 1.94. The summed E-state index contributed by atoms with van der Waals surface area (Å²) in [6.45, 7) is 1.95. The van der Waals surface area contributed by atoms with Gasteiger partial charge >= 0.3 is 5.97 Å². The molecule has 17 heavy (non-hydrogen) atoms. The Balaban J connectivity index is 2.61. The van der Waals surface area contributed by atoms with E-state index < -0.39 is 12.0 Å². The average molecular weight is 253 g/mol. The van der Waals surface area contributed by atoms with Crippen molar-refractivity contribution >= 4 is 23.6 Å². The van der Waals surface area contributed by atoms with Crippen molar-refractivity contribution in [2.45, 2.75) is 13.0 Å². The first-order chi connectivity index (χ1) is 8.15. The summed E-state index contributed by atoms with van der Waals surface area (Å²) in [6, 6.07) is 7.75. The molecule has 1 amide bonds. The summed E-state index contributed by atoms with van der Waals surface area (Å²) in [6.07, 6.45) is 0. The third-order valence-electron chi connectivity index (χ3n) is 2.13. The topological polar surface area (TPSA) is 66.4 Å². The lowest BCUT2D eigenvalue weighted by atomic mass is 10.2. The van der Waals surface area contributed by atoms with Crippen LogP contribution in [0.15, 0.2) is 30.3 Å². The van der Waals surface area contributed by atoms with Crippen LogP contribution in [0.25, 0.3) is 0 Å². The zero-order valence-electron chi connectivity index (χ0n) is 9.55. The van der Waals surface area contributed by atoms with Gasteiger partial charge in [-0.2, -0.15) is 11.8 Å². The normalized spacial score (nSPS) is 11.8. The molecule has 0 spiro atoms. The van der Waals surface area contributed by atoms with E-state index in [1.807, 2.05) is 6.92 Å². The van der Waals surface area contributed by atoms with Gasteiger partial charge in [-0.3, -0.25) is 4.79 Å². The van der Waals surface area contributed by atoms with Crippen LogP contribution in [0.3, 0.4) is 0 Å². The van der Waals surface area contributed by atoms with Crippen molar-refractivity contribution in [1.82, 2.24) is 5.32 Å². The summed E-state index contributed by atoms with van der Waals surface area (Å²) >= 11 is 1.49. The molecule has 2 N–H and O–H groups in total. The van der Waals surface area contributed by atoms with Gasteiger partial charge in [-0.25, -0.2) is 4.79 Å². The molecule has 4 nitrogen and oxygen atoms in total. The molecule has 0 aliphatic carbocycles. The van der Waals surface area contributed by atoms with Crippen LogP contribution in [0.2, 0.25) is 0 Å². The van der Waals surface area contributed by atoms with Gasteiger partial charge in [0, 0.05) is 11.3 Å². The molecule has 0 saturated carbocycles. The highest BCUT2D eigenvalue weighted by molar-refractivity contribution is 7.99. The quantitative estimate of drug-likeness (QED) is 0.808. The summed E-state index contributed by atoms with van der Waals surface area (Å²) < 4.78 is 0. The summed E-state index contributed by atoms with van der Waals surface area (Å²) in [5.74, 6) is -0.153. The molecule has 0 saturated heterocycles. The van der Waals surface area contributed by atoms with E-state index in [0.717, 1.165) is 5.75 Å². The highest BCUT2D eigenvalue weighted by Crippen LogP contribution is 2.04. The molecule has 0 heterocycles. The Labute approximate surface area is 104 Å². The summed E-state index contributed by atoms with van der Waals surface area (Å²) in [4.78, 5) is 22.7. The maximum atomic E-state index is 11.7. The standard InChI is InChI=1S/C12H15NO3S/c1-2-17-8-10(12(15)16)13-11(14)9-6-4-3-5-7-9/h3-7,10H,2,8H2,1H3,(H,13,14)(H,15,16)/t10-/m0/s1. The van der Waals surface area contributed by atoms with Crippen LogP contribution in [-0.4, -0.2) is 34.5 Å². The zero-order valence-corrected chi connectivity index (χ0v) is 10.4. The second-order valence-corrected chi connectivity index (χ2v) is 4.71. The highest BCUT2D eigenvalue weighted by Gasteiger charge is 2.19. The van der Waals surface area contributed by atoms with E-state index in [9.17, 15) is 9.59 Å². The van der Waals surface area contributed by atoms with Gasteiger partial charge in [0.1, 0.15) is 6.04 Å². The molecule has 0 bridgehead atoms. The lowest BCUT2D eigenvalue weighted by Crippen LogP contribution is -2.42. The van der Waals surface area contributed by atoms with Crippen molar-refractivity contribution in [3.63, 3.8) is 0 Å². The van der Waals surface area contributed by atoms with Crippen LogP contribution in [0.5, 0.6) is 0 Å². The molecule has 0 radical (unpaired) electrons. The molecule has 1 atom stereocenters. The second-order valence-electron chi connectivity index (χ2n) is 3.39. The fraction of sp³-hybridized carbons (Fsp3) is 0.333. The number of rotatable bonds is 6. The van der Waals surface area contributed by atoms with E-state index >= 15 is 0 Å². The van der Waals surface area contributed by atoms with E-state index in [1.54, 1.807) is 30.3 Å². The maximum absolute atomic E-state index is 11.7. The predicted octanol–water partition coefficient (Wildman–Crippen LogP) is 1.62. The Kier molecular flexibility index (Phi) is 5.56. The van der Waals surface area contributed by atoms with Crippen LogP contribution in [0.4, 0.5) is 0 Å². The van der Waals surface area contributed by atoms with Gasteiger partial charge in [0.25, 0.3) is 5.91 Å². The number of carbonyl (C=O) groups is 2. The zero-order chi connectivity index (χ0) is 12.7. The van der Waals surface area contributed by atoms with E-state index in [-0.39, 0.29) is 5.91 Å². The minimum Gasteiger partial charge on any atom is -0.480 e. The molecular weight excluding hydrogens is 238 g/mol. The molecule has 92 valence electrons. The van der Waals surface area contributed by atoms with Crippen molar-refractivity contribution in [2.24, 2.45) is 0 Å². The van der Waals surface area contributed by atoms with Crippen molar-refractivity contribution in [3.05, 3.63) is 35.9 Å². The molecule has 0 aliphatic rings. The molecule has 1 aromatic rings. The number of carbonyl (C=O) groups excluding carboxylic acids is 1. The number of hydrogen-bond donors (Lipinski definition) is 2. The fourth-order valence-electron chi connectivity index (χ4n) is 1.24. The smallest absolute Gasteiger partial charge is 0.327 e. The minimum atomic E-state index is -1.00. The molecule has 0 fully saturated rings. The first-order valence-corrected chi connectivity index (χ1v) is 6.47. The lowest BCUT2D eigenvalue weighted by Gasteiger charge is -2.13. The molecule has 1 rings (SSSR count). The molecule has 0 aliphatic heterocycles. The first kappa shape index (κ1) is 13.6. The molecule has 0 unspecified atom stereocenters. The van der Waals surface area contributed by atoms with Crippen LogP contribution in [-0.2, 0) is 4.79 Å². The van der Waals surface area contributed by atoms with Gasteiger partial charge in [0.15, 0.2) is 0 Å². The maximum Gasteiger partial charge on any atom is 0.327 e. The third-order valence-corrected chi connectivity index (χ3v) is 3.11. The van der Waals surface area contributed by atoms with E-state index in [0.29, 0.717) is 11.3 Å². The SMILES string of the molecule is CCSC[C@H](NC(=O)c1ccccc1)C(=O)O. The van der Waals surface area contributed by atoms with Crippen LogP contribution in [0.1, 0.15) is 17.3 Å². The van der Waals surface area contributed by atoms with E-state index in [2.05, 4.69) is 5.32 Å². The summed E-state index contributed by atoms with van der Waals surface area (Å²) in [7, 11) is 0. The Bertz CT molecular complexity index is 381. The number of benzene rings is 1. The predicted molar refractivity (Wildman–Crippen MR) is 68.3 cm³/mol. The van der Waals surface area contributed by atoms with E-state index in [1.165, 1.54) is 11.8 Å². The van der Waals surface area contributed by atoms with Gasteiger partial charge in [0.2, 0.25) is 0 Å². The summed E-state index contributed by atoms with van der Waals surface area (Å²) in [5, 5.41) is 11.5. The number of hydrogen-bond acceptors (Lipinski definition) is 3. The van der Waals surface area contributed by atoms with Crippen LogP contribution in [0, 0.1) is 0 Å². The number of nitrogens with one attached hydrogen (secondary N) is 1. The largest absolute Gasteiger partial charge is 0.480 e. The van der Waals surface area contributed by atoms with Gasteiger partial charge in [-0.1, -0.05) is 25.1 Å². The average Bonchev–Trinajstić information content (AvgIpc) is 2.35. The van der Waals surface area contributed by atoms with Gasteiger partial charge < -0.3 is 10.4 Å². The number of aliphatic carboxylic acids is 1. The Hall–Kier alpha value is -1.49. The number of amides is 1. The highest BCUT2D eigenvalue weighted by atomic mass is 32.2. The van der Waals surface area contributed by atoms with Crippen molar-refractivity contribution in [2.75, 3.05) is 11.5 Å². The van der Waals surface area contributed by atoms with Gasteiger partial charge in [-0.15, -0.1) is 0 Å². The Morgan fingerprint density at radius 3 is 2.53 bits per heavy atom. The van der Waals surface area contributed by atoms with Gasteiger partial charge in [0.05, 0.1) is 0 Å². The van der Waals surface area contributed by atoms with Gasteiger partial charge in [-0.05, 0) is 17.9 Å². The number of carboxylic acids is 1. The Morgan fingerprint density at radius 1 is 1.35 bits per heavy atom. The van der Waals surface area contributed by atoms with Crippen LogP contribution >= 0.6 is 11.8 Å². The molecule has 0 aromatic heterocycles. The third kappa shape index (κ3) is 4.48. The summed E-state index contributed by atoms with van der Waals surface area (Å²) in [5.41, 5.74) is 0.472. The van der Waals surface area contributed by atoms with Crippen molar-refractivity contribution < 1.29 is 14.7 Å². The number of carboxylic acid groups (broad SMARTS) is 1. The number of thioether (sulfide) groups is 1. The lowest BCUT2D eigenvalue weighted by molar-refractivity contribution is -0.138. The molecule has 1 aromatic carbocycles. The first-order valence-electron chi connectivity index (χ1n) is 5.31. The monoisotopic (exact) mass is 253 g/mol. The van der Waals surface area contributed by atoms with Crippen molar-refractivity contribution in [3.8, 4) is 0 Å². The molecular formula is C12H15NO3S. The van der Waals surface area contributed by atoms with E-state index in [4.69, 9.17) is 5.11 Å². The Morgan fingerprint density at radius 2 is 2.00 bits per heavy atom. The van der Waals surface area contributed by atoms with Crippen LogP contribution < -0.4 is 5.32 Å². The van der Waals surface area contributed by atoms with Crippen molar-refractivity contribution in [1.29, 1.82) is 0 Å².